The zero-order chi connectivity index (χ0) is 21.1. The molecule has 154 valence electrons. The van der Waals surface area contributed by atoms with Crippen LogP contribution < -0.4 is 5.32 Å². The number of hydrogen-bond acceptors (Lipinski definition) is 6. The Bertz CT molecular complexity index is 1200. The molecule has 4 rings (SSSR count). The smallest absolute Gasteiger partial charge is 0.230 e. The Hall–Kier alpha value is -3.09. The Kier molecular flexibility index (Phi) is 5.88. The summed E-state index contributed by atoms with van der Waals surface area (Å²) in [6, 6.07) is 15.9. The number of pyridine rings is 1. The van der Waals surface area contributed by atoms with E-state index in [9.17, 15) is 0 Å². The maximum atomic E-state index is 6.38. The number of rotatable bonds is 7. The van der Waals surface area contributed by atoms with Crippen molar-refractivity contribution in [2.24, 2.45) is 5.16 Å². The average molecular weight is 423 g/mol. The number of anilines is 2. The highest BCUT2D eigenvalue weighted by molar-refractivity contribution is 6.37. The molecule has 2 heterocycles. The van der Waals surface area contributed by atoms with E-state index in [1.807, 2.05) is 69.6 Å². The molecule has 2 aromatic heterocycles. The van der Waals surface area contributed by atoms with E-state index >= 15 is 0 Å². The fourth-order valence-electron chi connectivity index (χ4n) is 3.15. The van der Waals surface area contributed by atoms with Gasteiger partial charge < -0.3 is 19.5 Å². The fraction of sp³-hybridized carbons (Fsp3) is 0.217. The van der Waals surface area contributed by atoms with Gasteiger partial charge in [0.15, 0.2) is 0 Å². The van der Waals surface area contributed by atoms with Crippen LogP contribution in [0.2, 0.25) is 5.02 Å². The molecule has 0 saturated heterocycles. The van der Waals surface area contributed by atoms with Crippen LogP contribution in [0, 0.1) is 0 Å². The van der Waals surface area contributed by atoms with E-state index in [1.54, 1.807) is 0 Å². The maximum Gasteiger partial charge on any atom is 0.230 e. The van der Waals surface area contributed by atoms with Crippen molar-refractivity contribution < 1.29 is 9.25 Å². The van der Waals surface area contributed by atoms with Gasteiger partial charge in [0.25, 0.3) is 0 Å². The number of benzene rings is 2. The van der Waals surface area contributed by atoms with Gasteiger partial charge in [-0.3, -0.25) is 0 Å². The van der Waals surface area contributed by atoms with E-state index < -0.39 is 0 Å². The van der Waals surface area contributed by atoms with Gasteiger partial charge in [-0.2, -0.15) is 0 Å². The molecule has 4 aromatic rings. The summed E-state index contributed by atoms with van der Waals surface area (Å²) in [4.78, 5) is 12.0. The molecule has 0 atom stereocenters. The Morgan fingerprint density at radius 1 is 1.17 bits per heavy atom. The third-order valence-electron chi connectivity index (χ3n) is 4.78. The van der Waals surface area contributed by atoms with Gasteiger partial charge in [-0.1, -0.05) is 47.1 Å². The number of furan rings is 1. The summed E-state index contributed by atoms with van der Waals surface area (Å²) in [5, 5.41) is 9.96. The molecule has 0 aliphatic heterocycles. The van der Waals surface area contributed by atoms with Crippen molar-refractivity contribution >= 4 is 50.7 Å². The quantitative estimate of drug-likeness (QED) is 0.236. The van der Waals surface area contributed by atoms with Crippen LogP contribution in [-0.4, -0.2) is 42.8 Å². The minimum Gasteiger partial charge on any atom is -0.444 e. The molecular formula is C23H23ClN4O2. The summed E-state index contributed by atoms with van der Waals surface area (Å²) < 4.78 is 5.53. The first-order valence-electron chi connectivity index (χ1n) is 9.67. The topological polar surface area (TPSA) is 62.9 Å². The lowest BCUT2D eigenvalue weighted by Gasteiger charge is -2.12. The van der Waals surface area contributed by atoms with E-state index in [0.717, 1.165) is 45.5 Å². The van der Waals surface area contributed by atoms with Crippen LogP contribution in [0.1, 0.15) is 12.5 Å². The number of likely N-dealkylation sites (N-methyl/N-ethyl adjacent to an activating group) is 1. The second-order valence-corrected chi connectivity index (χ2v) is 7.69. The molecule has 0 unspecified atom stereocenters. The molecular weight excluding hydrogens is 400 g/mol. The van der Waals surface area contributed by atoms with Crippen LogP contribution in [0.4, 0.5) is 11.4 Å². The molecule has 0 amide bonds. The maximum absolute atomic E-state index is 6.38. The zero-order valence-electron chi connectivity index (χ0n) is 17.1. The van der Waals surface area contributed by atoms with Crippen molar-refractivity contribution in [2.75, 3.05) is 32.6 Å². The molecule has 6 nitrogen and oxygen atoms in total. The molecule has 0 fully saturated rings. The minimum atomic E-state index is 0.510. The number of halogens is 1. The van der Waals surface area contributed by atoms with Gasteiger partial charge in [0.1, 0.15) is 12.9 Å². The highest BCUT2D eigenvalue weighted by Crippen LogP contribution is 2.38. The van der Waals surface area contributed by atoms with E-state index in [-0.39, 0.29) is 0 Å². The molecule has 7 heteroatoms. The van der Waals surface area contributed by atoms with Crippen LogP contribution >= 0.6 is 11.6 Å². The summed E-state index contributed by atoms with van der Waals surface area (Å²) >= 11 is 6.38. The van der Waals surface area contributed by atoms with Gasteiger partial charge in [0, 0.05) is 17.6 Å². The standard InChI is InChI=1S/C23H23ClN4O2/c1-15(27-30-13-12-28(2)3)16-8-10-17(11-9-16)25-22-18-6-4-5-7-20(18)26-23-21(22)19(24)14-29-23/h4-11,14H,12-13H2,1-3H3,(H,25,26)/b27-15+. The van der Waals surface area contributed by atoms with Gasteiger partial charge >= 0.3 is 0 Å². The second-order valence-electron chi connectivity index (χ2n) is 7.28. The predicted molar refractivity (Wildman–Crippen MR) is 123 cm³/mol. The van der Waals surface area contributed by atoms with Crippen LogP contribution in [-0.2, 0) is 4.84 Å². The molecule has 0 spiro atoms. The lowest BCUT2D eigenvalue weighted by atomic mass is 10.1. The van der Waals surface area contributed by atoms with E-state index in [1.165, 1.54) is 6.26 Å². The molecule has 30 heavy (non-hydrogen) atoms. The average Bonchev–Trinajstić information content (AvgIpc) is 3.11. The monoisotopic (exact) mass is 422 g/mol. The van der Waals surface area contributed by atoms with Crippen molar-refractivity contribution in [2.45, 2.75) is 6.92 Å². The minimum absolute atomic E-state index is 0.510. The van der Waals surface area contributed by atoms with Crippen molar-refractivity contribution in [3.63, 3.8) is 0 Å². The van der Waals surface area contributed by atoms with Crippen LogP contribution in [0.3, 0.4) is 0 Å². The summed E-state index contributed by atoms with van der Waals surface area (Å²) in [5.41, 5.74) is 4.98. The summed E-state index contributed by atoms with van der Waals surface area (Å²) in [6.07, 6.45) is 1.52. The fourth-order valence-corrected chi connectivity index (χ4v) is 3.37. The molecule has 0 aliphatic rings. The Labute approximate surface area is 180 Å². The van der Waals surface area contributed by atoms with E-state index in [0.29, 0.717) is 17.3 Å². The first-order chi connectivity index (χ1) is 14.5. The number of oxime groups is 1. The first-order valence-corrected chi connectivity index (χ1v) is 10.0. The SMILES string of the molecule is C/C(=N\OCCN(C)C)c1ccc(Nc2c3ccccc3nc3occ(Cl)c23)cc1. The summed E-state index contributed by atoms with van der Waals surface area (Å²) in [6.45, 7) is 3.31. The third-order valence-corrected chi connectivity index (χ3v) is 5.05. The van der Waals surface area contributed by atoms with E-state index in [2.05, 4.69) is 20.4 Å². The van der Waals surface area contributed by atoms with Gasteiger partial charge in [-0.15, -0.1) is 0 Å². The second kappa shape index (κ2) is 8.73. The molecule has 0 bridgehead atoms. The Balaban J connectivity index is 1.60. The van der Waals surface area contributed by atoms with Gasteiger partial charge in [0.05, 0.1) is 27.3 Å². The summed E-state index contributed by atoms with van der Waals surface area (Å²) in [5.74, 6) is 0. The first kappa shape index (κ1) is 20.2. The van der Waals surface area contributed by atoms with E-state index in [4.69, 9.17) is 20.9 Å². The molecule has 2 aromatic carbocycles. The number of para-hydroxylation sites is 1. The predicted octanol–water partition coefficient (Wildman–Crippen LogP) is 5.68. The number of nitrogens with zero attached hydrogens (tertiary/aromatic N) is 3. The third kappa shape index (κ3) is 4.25. The molecule has 1 N–H and O–H groups in total. The molecule has 0 aliphatic carbocycles. The highest BCUT2D eigenvalue weighted by Gasteiger charge is 2.15. The Morgan fingerprint density at radius 2 is 1.93 bits per heavy atom. The lowest BCUT2D eigenvalue weighted by molar-refractivity contribution is 0.126. The van der Waals surface area contributed by atoms with Crippen molar-refractivity contribution in [3.05, 3.63) is 65.4 Å². The number of nitrogens with one attached hydrogen (secondary N) is 1. The van der Waals surface area contributed by atoms with Gasteiger partial charge in [0.2, 0.25) is 5.71 Å². The Morgan fingerprint density at radius 3 is 2.70 bits per heavy atom. The number of hydrogen-bond donors (Lipinski definition) is 1. The molecule has 0 saturated carbocycles. The van der Waals surface area contributed by atoms with Crippen LogP contribution in [0.5, 0.6) is 0 Å². The van der Waals surface area contributed by atoms with Gasteiger partial charge in [-0.25, -0.2) is 4.98 Å². The number of aromatic nitrogens is 1. The largest absolute Gasteiger partial charge is 0.444 e. The van der Waals surface area contributed by atoms with Crippen molar-refractivity contribution in [3.8, 4) is 0 Å². The lowest BCUT2D eigenvalue weighted by Crippen LogP contribution is -2.17. The zero-order valence-corrected chi connectivity index (χ0v) is 17.9. The van der Waals surface area contributed by atoms with Crippen molar-refractivity contribution in [1.29, 1.82) is 0 Å². The normalized spacial score (nSPS) is 12.1. The van der Waals surface area contributed by atoms with Crippen LogP contribution in [0.25, 0.3) is 22.0 Å². The highest BCUT2D eigenvalue weighted by atomic mass is 35.5. The summed E-state index contributed by atoms with van der Waals surface area (Å²) in [7, 11) is 4.00. The number of fused-ring (bicyclic) bond motifs is 2. The molecule has 0 radical (unpaired) electrons. The van der Waals surface area contributed by atoms with Crippen LogP contribution in [0.15, 0.2) is 64.4 Å². The van der Waals surface area contributed by atoms with Crippen molar-refractivity contribution in [1.82, 2.24) is 9.88 Å². The van der Waals surface area contributed by atoms with Gasteiger partial charge in [-0.05, 0) is 44.8 Å².